The van der Waals surface area contributed by atoms with Crippen LogP contribution in [0.2, 0.25) is 0 Å². The SMILES string of the molecule is CC[C@@]1(O)CCC[C@@H]2CN(C(=O)CC(C)(C)c3ccccc3)C[C@@H]21. The Morgan fingerprint density at radius 1 is 1.29 bits per heavy atom. The second-order valence-electron chi connectivity index (χ2n) is 8.44. The Morgan fingerprint density at radius 2 is 2.00 bits per heavy atom. The van der Waals surface area contributed by atoms with Crippen LogP contribution >= 0.6 is 0 Å². The van der Waals surface area contributed by atoms with E-state index in [1.54, 1.807) is 0 Å². The minimum atomic E-state index is -0.563. The molecule has 1 heterocycles. The average molecular weight is 329 g/mol. The van der Waals surface area contributed by atoms with E-state index in [2.05, 4.69) is 32.9 Å². The standard InChI is InChI=1S/C21H31NO2/c1-4-21(24)12-8-9-16-14-22(15-18(16)21)19(23)13-20(2,3)17-10-6-5-7-11-17/h5-7,10-11,16,18,24H,4,8-9,12-15H2,1-3H3/t16-,18+,21-/m1/s1. The highest BCUT2D eigenvalue weighted by Crippen LogP contribution is 2.44. The van der Waals surface area contributed by atoms with Gasteiger partial charge in [0.1, 0.15) is 0 Å². The van der Waals surface area contributed by atoms with Gasteiger partial charge in [-0.15, -0.1) is 0 Å². The number of carbonyl (C=O) groups is 1. The number of amides is 1. The van der Waals surface area contributed by atoms with E-state index >= 15 is 0 Å². The second kappa shape index (κ2) is 6.51. The third-order valence-electron chi connectivity index (χ3n) is 6.43. The smallest absolute Gasteiger partial charge is 0.223 e. The highest BCUT2D eigenvalue weighted by atomic mass is 16.3. The van der Waals surface area contributed by atoms with Crippen molar-refractivity contribution in [2.24, 2.45) is 11.8 Å². The van der Waals surface area contributed by atoms with Crippen molar-refractivity contribution in [3.63, 3.8) is 0 Å². The van der Waals surface area contributed by atoms with E-state index in [9.17, 15) is 9.90 Å². The molecule has 1 N–H and O–H groups in total. The van der Waals surface area contributed by atoms with Gasteiger partial charge in [0.2, 0.25) is 5.91 Å². The summed E-state index contributed by atoms with van der Waals surface area (Å²) in [5, 5.41) is 10.9. The Balaban J connectivity index is 1.69. The van der Waals surface area contributed by atoms with Crippen LogP contribution in [0.4, 0.5) is 0 Å². The van der Waals surface area contributed by atoms with Gasteiger partial charge in [-0.05, 0) is 36.2 Å². The molecule has 24 heavy (non-hydrogen) atoms. The molecule has 1 amide bonds. The van der Waals surface area contributed by atoms with E-state index in [-0.39, 0.29) is 17.2 Å². The quantitative estimate of drug-likeness (QED) is 0.914. The normalized spacial score (nSPS) is 30.2. The molecule has 0 spiro atoms. The molecular formula is C21H31NO2. The van der Waals surface area contributed by atoms with Crippen molar-refractivity contribution in [2.45, 2.75) is 63.9 Å². The van der Waals surface area contributed by atoms with Gasteiger partial charge in [0.25, 0.3) is 0 Å². The van der Waals surface area contributed by atoms with Crippen LogP contribution in [0.3, 0.4) is 0 Å². The monoisotopic (exact) mass is 329 g/mol. The van der Waals surface area contributed by atoms with E-state index in [0.717, 1.165) is 38.8 Å². The molecule has 1 saturated heterocycles. The van der Waals surface area contributed by atoms with E-state index < -0.39 is 5.60 Å². The summed E-state index contributed by atoms with van der Waals surface area (Å²) in [7, 11) is 0. The lowest BCUT2D eigenvalue weighted by Gasteiger charge is -2.40. The zero-order chi connectivity index (χ0) is 17.4. The minimum Gasteiger partial charge on any atom is -0.390 e. The van der Waals surface area contributed by atoms with Crippen LogP contribution in [0.1, 0.15) is 58.4 Å². The Hall–Kier alpha value is -1.35. The molecule has 2 aliphatic rings. The summed E-state index contributed by atoms with van der Waals surface area (Å²) in [4.78, 5) is 14.9. The first-order valence-electron chi connectivity index (χ1n) is 9.41. The van der Waals surface area contributed by atoms with Crippen molar-refractivity contribution in [3.8, 4) is 0 Å². The van der Waals surface area contributed by atoms with Gasteiger partial charge in [0, 0.05) is 25.4 Å². The lowest BCUT2D eigenvalue weighted by molar-refractivity contribution is -0.131. The molecule has 1 aliphatic heterocycles. The molecule has 3 nitrogen and oxygen atoms in total. The van der Waals surface area contributed by atoms with Crippen molar-refractivity contribution in [3.05, 3.63) is 35.9 Å². The van der Waals surface area contributed by atoms with Crippen LogP contribution in [0.25, 0.3) is 0 Å². The molecule has 3 rings (SSSR count). The van der Waals surface area contributed by atoms with Crippen LogP contribution in [0.15, 0.2) is 30.3 Å². The maximum absolute atomic E-state index is 12.9. The lowest BCUT2D eigenvalue weighted by Crippen LogP contribution is -2.44. The summed E-state index contributed by atoms with van der Waals surface area (Å²) in [5.41, 5.74) is 0.486. The Labute approximate surface area is 146 Å². The highest BCUT2D eigenvalue weighted by molar-refractivity contribution is 5.78. The number of carbonyl (C=O) groups excluding carboxylic acids is 1. The van der Waals surface area contributed by atoms with Gasteiger partial charge in [-0.3, -0.25) is 4.79 Å². The van der Waals surface area contributed by atoms with Crippen molar-refractivity contribution in [2.75, 3.05) is 13.1 Å². The topological polar surface area (TPSA) is 40.5 Å². The molecule has 0 unspecified atom stereocenters. The molecule has 0 aromatic heterocycles. The zero-order valence-corrected chi connectivity index (χ0v) is 15.3. The number of aliphatic hydroxyl groups is 1. The largest absolute Gasteiger partial charge is 0.390 e. The first kappa shape index (κ1) is 17.5. The van der Waals surface area contributed by atoms with Gasteiger partial charge in [0.05, 0.1) is 5.60 Å². The number of benzene rings is 1. The van der Waals surface area contributed by atoms with Crippen LogP contribution in [0.5, 0.6) is 0 Å². The van der Waals surface area contributed by atoms with Crippen molar-refractivity contribution in [1.82, 2.24) is 4.90 Å². The number of rotatable bonds is 4. The predicted molar refractivity (Wildman–Crippen MR) is 96.7 cm³/mol. The molecule has 1 saturated carbocycles. The Morgan fingerprint density at radius 3 is 2.67 bits per heavy atom. The summed E-state index contributed by atoms with van der Waals surface area (Å²) in [5.74, 6) is 0.976. The van der Waals surface area contributed by atoms with Crippen molar-refractivity contribution >= 4 is 5.91 Å². The minimum absolute atomic E-state index is 0.160. The summed E-state index contributed by atoms with van der Waals surface area (Å²) in [6, 6.07) is 10.3. The molecule has 3 atom stereocenters. The average Bonchev–Trinajstić information content (AvgIpc) is 3.01. The number of likely N-dealkylation sites (tertiary alicyclic amines) is 1. The number of nitrogens with zero attached hydrogens (tertiary/aromatic N) is 1. The fourth-order valence-electron chi connectivity index (χ4n) is 4.75. The molecule has 1 aromatic rings. The fourth-order valence-corrected chi connectivity index (χ4v) is 4.75. The molecular weight excluding hydrogens is 298 g/mol. The van der Waals surface area contributed by atoms with Crippen molar-refractivity contribution in [1.29, 1.82) is 0 Å². The predicted octanol–water partition coefficient (Wildman–Crippen LogP) is 3.75. The summed E-state index contributed by atoms with van der Waals surface area (Å²) in [6.07, 6.45) is 4.46. The summed E-state index contributed by atoms with van der Waals surface area (Å²) in [6.45, 7) is 7.93. The van der Waals surface area contributed by atoms with Gasteiger partial charge in [-0.2, -0.15) is 0 Å². The molecule has 3 heteroatoms. The van der Waals surface area contributed by atoms with E-state index in [1.165, 1.54) is 5.56 Å². The molecule has 0 bridgehead atoms. The van der Waals surface area contributed by atoms with E-state index in [4.69, 9.17) is 0 Å². The fraction of sp³-hybridized carbons (Fsp3) is 0.667. The maximum atomic E-state index is 12.9. The van der Waals surface area contributed by atoms with Gasteiger partial charge >= 0.3 is 0 Å². The summed E-state index contributed by atoms with van der Waals surface area (Å²) >= 11 is 0. The van der Waals surface area contributed by atoms with Crippen LogP contribution < -0.4 is 0 Å². The highest BCUT2D eigenvalue weighted by Gasteiger charge is 2.48. The van der Waals surface area contributed by atoms with Gasteiger partial charge in [-0.25, -0.2) is 0 Å². The van der Waals surface area contributed by atoms with Gasteiger partial charge in [-0.1, -0.05) is 57.5 Å². The van der Waals surface area contributed by atoms with Crippen molar-refractivity contribution < 1.29 is 9.90 Å². The Bertz CT molecular complexity index is 583. The molecule has 0 radical (unpaired) electrons. The number of hydrogen-bond acceptors (Lipinski definition) is 2. The second-order valence-corrected chi connectivity index (χ2v) is 8.44. The lowest BCUT2D eigenvalue weighted by atomic mass is 9.69. The van der Waals surface area contributed by atoms with E-state index in [0.29, 0.717) is 12.3 Å². The molecule has 1 aliphatic carbocycles. The van der Waals surface area contributed by atoms with E-state index in [1.807, 2.05) is 23.1 Å². The van der Waals surface area contributed by atoms with Crippen LogP contribution in [-0.2, 0) is 10.2 Å². The zero-order valence-electron chi connectivity index (χ0n) is 15.3. The summed E-state index contributed by atoms with van der Waals surface area (Å²) < 4.78 is 0. The van der Waals surface area contributed by atoms with Crippen LogP contribution in [-0.4, -0.2) is 34.6 Å². The van der Waals surface area contributed by atoms with Crippen LogP contribution in [0, 0.1) is 11.8 Å². The first-order valence-corrected chi connectivity index (χ1v) is 9.41. The Kier molecular flexibility index (Phi) is 4.74. The number of fused-ring (bicyclic) bond motifs is 1. The molecule has 132 valence electrons. The number of hydrogen-bond donors (Lipinski definition) is 1. The van der Waals surface area contributed by atoms with Gasteiger partial charge < -0.3 is 10.0 Å². The first-order chi connectivity index (χ1) is 11.4. The van der Waals surface area contributed by atoms with Gasteiger partial charge in [0.15, 0.2) is 0 Å². The molecule has 2 fully saturated rings. The molecule has 1 aromatic carbocycles. The maximum Gasteiger partial charge on any atom is 0.223 e. The third-order valence-corrected chi connectivity index (χ3v) is 6.43. The third kappa shape index (κ3) is 3.23.